The van der Waals surface area contributed by atoms with Gasteiger partial charge in [0.05, 0.1) is 46.7 Å². The molecule has 1 aliphatic rings. The number of carbonyl (C=O) groups is 1. The molecule has 2 aromatic carbocycles. The molecule has 3 rings (SSSR count). The molecule has 0 aliphatic carbocycles. The van der Waals surface area contributed by atoms with E-state index in [4.69, 9.17) is 28.4 Å². The van der Waals surface area contributed by atoms with E-state index in [0.29, 0.717) is 46.4 Å². The van der Waals surface area contributed by atoms with Crippen molar-refractivity contribution in [2.45, 2.75) is 0 Å². The molecule has 0 fully saturated rings. The second-order valence-corrected chi connectivity index (χ2v) is 6.00. The van der Waals surface area contributed by atoms with Gasteiger partial charge in [0.2, 0.25) is 5.75 Å². The van der Waals surface area contributed by atoms with Crippen LogP contribution in [0.5, 0.6) is 34.5 Å². The van der Waals surface area contributed by atoms with E-state index in [1.807, 2.05) is 0 Å². The molecule has 1 aliphatic heterocycles. The van der Waals surface area contributed by atoms with Crippen LogP contribution < -0.4 is 33.7 Å². The Balaban J connectivity index is 1.96. The lowest BCUT2D eigenvalue weighted by atomic mass is 9.98. The number of nitrogens with one attached hydrogen (secondary N) is 1. The van der Waals surface area contributed by atoms with Crippen LogP contribution >= 0.6 is 0 Å². The number of methoxy groups -OCH3 is 5. The number of hydrogen-bond acceptors (Lipinski definition) is 8. The van der Waals surface area contributed by atoms with Gasteiger partial charge in [0, 0.05) is 36.5 Å². The van der Waals surface area contributed by atoms with Crippen molar-refractivity contribution in [1.82, 2.24) is 0 Å². The summed E-state index contributed by atoms with van der Waals surface area (Å²) < 4.78 is 32.3. The molecule has 0 saturated carbocycles. The zero-order valence-electron chi connectivity index (χ0n) is 17.0. The molecule has 1 N–H and O–H groups in total. The van der Waals surface area contributed by atoms with Crippen molar-refractivity contribution in [2.75, 3.05) is 47.4 Å². The molecule has 0 spiro atoms. The lowest BCUT2D eigenvalue weighted by molar-refractivity contribution is -0.127. The van der Waals surface area contributed by atoms with Crippen LogP contribution in [0.2, 0.25) is 0 Å². The molecule has 0 amide bonds. The van der Waals surface area contributed by atoms with E-state index >= 15 is 0 Å². The Bertz CT molecular complexity index is 927. The van der Waals surface area contributed by atoms with Gasteiger partial charge in [-0.2, -0.15) is 0 Å². The van der Waals surface area contributed by atoms with Crippen LogP contribution in [0, 0.1) is 0 Å². The summed E-state index contributed by atoms with van der Waals surface area (Å²) in [5, 5.41) is 3.21. The highest BCUT2D eigenvalue weighted by Gasteiger charge is 2.26. The maximum atomic E-state index is 13.0. The minimum Gasteiger partial charge on any atom is -0.497 e. The van der Waals surface area contributed by atoms with Gasteiger partial charge in [0.25, 0.3) is 0 Å². The summed E-state index contributed by atoms with van der Waals surface area (Å²) in [6, 6.07) is 6.64. The second-order valence-electron chi connectivity index (χ2n) is 6.00. The van der Waals surface area contributed by atoms with Gasteiger partial charge in [-0.1, -0.05) is 6.08 Å². The van der Waals surface area contributed by atoms with Crippen LogP contribution in [0.4, 0.5) is 5.69 Å². The van der Waals surface area contributed by atoms with Crippen molar-refractivity contribution in [3.8, 4) is 34.5 Å². The summed E-state index contributed by atoms with van der Waals surface area (Å²) in [6.07, 6.45) is 1.75. The summed E-state index contributed by atoms with van der Waals surface area (Å²) in [6.45, 7) is 0.461. The number of esters is 1. The van der Waals surface area contributed by atoms with Crippen LogP contribution in [-0.2, 0) is 4.79 Å². The Morgan fingerprint density at radius 3 is 1.97 bits per heavy atom. The fourth-order valence-corrected chi connectivity index (χ4v) is 3.11. The quantitative estimate of drug-likeness (QED) is 0.560. The largest absolute Gasteiger partial charge is 0.497 e. The van der Waals surface area contributed by atoms with Gasteiger partial charge < -0.3 is 33.7 Å². The first-order valence-corrected chi connectivity index (χ1v) is 8.78. The number of hydrogen-bond donors (Lipinski definition) is 1. The third-order valence-electron chi connectivity index (χ3n) is 4.47. The van der Waals surface area contributed by atoms with Gasteiger partial charge in [-0.3, -0.25) is 0 Å². The average molecular weight is 401 g/mol. The maximum absolute atomic E-state index is 13.0. The van der Waals surface area contributed by atoms with E-state index in [2.05, 4.69) is 5.32 Å². The normalized spacial score (nSPS) is 12.1. The van der Waals surface area contributed by atoms with Gasteiger partial charge >= 0.3 is 5.97 Å². The maximum Gasteiger partial charge on any atom is 0.344 e. The monoisotopic (exact) mass is 401 g/mol. The highest BCUT2D eigenvalue weighted by Crippen LogP contribution is 2.42. The van der Waals surface area contributed by atoms with Crippen molar-refractivity contribution >= 4 is 17.2 Å². The predicted molar refractivity (Wildman–Crippen MR) is 108 cm³/mol. The molecule has 0 unspecified atom stereocenters. The molecule has 0 radical (unpaired) electrons. The first kappa shape index (κ1) is 20.2. The van der Waals surface area contributed by atoms with E-state index in [9.17, 15) is 4.79 Å². The van der Waals surface area contributed by atoms with E-state index < -0.39 is 5.97 Å². The number of rotatable bonds is 7. The fourth-order valence-electron chi connectivity index (χ4n) is 3.11. The molecule has 29 heavy (non-hydrogen) atoms. The van der Waals surface area contributed by atoms with Crippen molar-refractivity contribution in [1.29, 1.82) is 0 Å². The molecule has 1 heterocycles. The SMILES string of the molecule is COc1cc2c(c(OC)c1)C(C(=O)Oc1cc(OC)c(OC)c(OC)c1)=CCN2. The van der Waals surface area contributed by atoms with Crippen molar-refractivity contribution in [2.24, 2.45) is 0 Å². The van der Waals surface area contributed by atoms with E-state index in [-0.39, 0.29) is 5.75 Å². The molecular weight excluding hydrogens is 378 g/mol. The number of fused-ring (bicyclic) bond motifs is 1. The molecule has 8 heteroatoms. The Hall–Kier alpha value is -3.55. The molecule has 2 aromatic rings. The van der Waals surface area contributed by atoms with Crippen LogP contribution in [0.3, 0.4) is 0 Å². The van der Waals surface area contributed by atoms with Crippen LogP contribution in [-0.4, -0.2) is 48.1 Å². The van der Waals surface area contributed by atoms with Gasteiger partial charge in [-0.15, -0.1) is 0 Å². The predicted octanol–water partition coefficient (Wildman–Crippen LogP) is 3.14. The van der Waals surface area contributed by atoms with Crippen LogP contribution in [0.15, 0.2) is 30.3 Å². The second kappa shape index (κ2) is 8.64. The zero-order valence-corrected chi connectivity index (χ0v) is 17.0. The summed E-state index contributed by atoms with van der Waals surface area (Å²) >= 11 is 0. The summed E-state index contributed by atoms with van der Waals surface area (Å²) in [5.74, 6) is 2.03. The molecule has 0 atom stereocenters. The lowest BCUT2D eigenvalue weighted by Gasteiger charge is -2.22. The smallest absolute Gasteiger partial charge is 0.344 e. The van der Waals surface area contributed by atoms with Crippen molar-refractivity contribution in [3.05, 3.63) is 35.9 Å². The first-order chi connectivity index (χ1) is 14.1. The number of ether oxygens (including phenoxy) is 6. The highest BCUT2D eigenvalue weighted by molar-refractivity contribution is 6.20. The molecule has 0 aromatic heterocycles. The minimum absolute atomic E-state index is 0.262. The number of carbonyl (C=O) groups excluding carboxylic acids is 1. The Kier molecular flexibility index (Phi) is 6.01. The van der Waals surface area contributed by atoms with Gasteiger partial charge in [-0.25, -0.2) is 4.79 Å². The first-order valence-electron chi connectivity index (χ1n) is 8.78. The summed E-state index contributed by atoms with van der Waals surface area (Å²) in [4.78, 5) is 13.0. The lowest BCUT2D eigenvalue weighted by Crippen LogP contribution is -2.18. The van der Waals surface area contributed by atoms with Gasteiger partial charge in [0.1, 0.15) is 17.2 Å². The van der Waals surface area contributed by atoms with E-state index in [1.165, 1.54) is 28.4 Å². The standard InChI is InChI=1S/C21H23NO7/c1-24-12-8-15-19(16(9-12)25-2)14(6-7-22-15)21(23)29-13-10-17(26-3)20(28-5)18(11-13)27-4/h6,8-11,22H,7H2,1-5H3. The van der Waals surface area contributed by atoms with E-state index in [1.54, 1.807) is 37.5 Å². The molecule has 0 saturated heterocycles. The molecule has 8 nitrogen and oxygen atoms in total. The van der Waals surface area contributed by atoms with Gasteiger partial charge in [0.15, 0.2) is 11.5 Å². The Morgan fingerprint density at radius 2 is 1.41 bits per heavy atom. The fraction of sp³-hybridized carbons (Fsp3) is 0.286. The third kappa shape index (κ3) is 3.87. The number of anilines is 1. The van der Waals surface area contributed by atoms with Crippen LogP contribution in [0.25, 0.3) is 5.57 Å². The highest BCUT2D eigenvalue weighted by atomic mass is 16.5. The number of benzene rings is 2. The van der Waals surface area contributed by atoms with Crippen molar-refractivity contribution < 1.29 is 33.2 Å². The Morgan fingerprint density at radius 1 is 0.793 bits per heavy atom. The topological polar surface area (TPSA) is 84.5 Å². The minimum atomic E-state index is -0.537. The summed E-state index contributed by atoms with van der Waals surface area (Å²) in [7, 11) is 7.59. The van der Waals surface area contributed by atoms with Gasteiger partial charge in [-0.05, 0) is 0 Å². The molecular formula is C21H23NO7. The average Bonchev–Trinajstić information content (AvgIpc) is 2.76. The zero-order chi connectivity index (χ0) is 21.0. The van der Waals surface area contributed by atoms with Crippen molar-refractivity contribution in [3.63, 3.8) is 0 Å². The van der Waals surface area contributed by atoms with E-state index in [0.717, 1.165) is 5.69 Å². The van der Waals surface area contributed by atoms with Crippen LogP contribution in [0.1, 0.15) is 5.56 Å². The summed E-state index contributed by atoms with van der Waals surface area (Å²) in [5.41, 5.74) is 1.71. The Labute approximate surface area is 168 Å². The molecule has 154 valence electrons. The molecule has 0 bridgehead atoms. The third-order valence-corrected chi connectivity index (χ3v) is 4.47.